The van der Waals surface area contributed by atoms with E-state index in [1.54, 1.807) is 12.4 Å². The Labute approximate surface area is 151 Å². The molecule has 1 amide bonds. The Morgan fingerprint density at radius 2 is 1.96 bits per heavy atom. The van der Waals surface area contributed by atoms with Gasteiger partial charge >= 0.3 is 0 Å². The molecule has 4 heterocycles. The first-order valence-corrected chi connectivity index (χ1v) is 10.1. The molecule has 0 aromatic carbocycles. The molecule has 2 saturated heterocycles. The van der Waals surface area contributed by atoms with Crippen molar-refractivity contribution in [3.05, 3.63) is 54.4 Å². The van der Waals surface area contributed by atoms with Crippen molar-refractivity contribution >= 4 is 15.7 Å². The monoisotopic (exact) mass is 373 g/mol. The number of hydrogen-bond acceptors (Lipinski definition) is 7. The van der Waals surface area contributed by atoms with Crippen LogP contribution in [0.5, 0.6) is 0 Å². The van der Waals surface area contributed by atoms with E-state index in [4.69, 9.17) is 0 Å². The van der Waals surface area contributed by atoms with Crippen LogP contribution >= 0.6 is 0 Å². The molecule has 0 spiro atoms. The third-order valence-electron chi connectivity index (χ3n) is 5.04. The lowest BCUT2D eigenvalue weighted by Crippen LogP contribution is -2.42. The summed E-state index contributed by atoms with van der Waals surface area (Å²) < 4.78 is 25.1. The lowest BCUT2D eigenvalue weighted by molar-refractivity contribution is 0.0925. The summed E-state index contributed by atoms with van der Waals surface area (Å²) in [5.74, 6) is -0.508. The molecule has 0 unspecified atom stereocenters. The first-order valence-electron chi connectivity index (χ1n) is 8.42. The molecular weight excluding hydrogens is 354 g/mol. The fraction of sp³-hybridized carbons (Fsp3) is 0.412. The van der Waals surface area contributed by atoms with E-state index in [1.165, 1.54) is 18.6 Å². The highest BCUT2D eigenvalue weighted by atomic mass is 32.2. The topological polar surface area (TPSA) is 105 Å². The number of pyridine rings is 1. The van der Waals surface area contributed by atoms with Crippen molar-refractivity contribution in [2.24, 2.45) is 5.92 Å². The number of hydrogen-bond donors (Lipinski definition) is 1. The molecule has 2 aliphatic rings. The Morgan fingerprint density at radius 1 is 1.15 bits per heavy atom. The predicted octanol–water partition coefficient (Wildman–Crippen LogP) is -0.101. The van der Waals surface area contributed by atoms with Crippen LogP contribution in [0.2, 0.25) is 0 Å². The minimum Gasteiger partial charge on any atom is -0.347 e. The Morgan fingerprint density at radius 3 is 2.69 bits per heavy atom. The molecule has 2 aromatic rings. The van der Waals surface area contributed by atoms with Crippen molar-refractivity contribution in [3.8, 4) is 0 Å². The average Bonchev–Trinajstić information content (AvgIpc) is 3.16. The van der Waals surface area contributed by atoms with Gasteiger partial charge in [-0.05, 0) is 17.7 Å². The molecule has 0 radical (unpaired) electrons. The van der Waals surface area contributed by atoms with Gasteiger partial charge in [0.05, 0.1) is 17.2 Å². The lowest BCUT2D eigenvalue weighted by Gasteiger charge is -2.20. The van der Waals surface area contributed by atoms with E-state index in [1.807, 2.05) is 12.1 Å². The Balaban J connectivity index is 1.47. The lowest BCUT2D eigenvalue weighted by atomic mass is 10.0. The number of carbonyl (C=O) groups excluding carboxylic acids is 1. The first-order chi connectivity index (χ1) is 12.5. The van der Waals surface area contributed by atoms with Crippen LogP contribution in [0.15, 0.2) is 43.1 Å². The number of carbonyl (C=O) groups is 1. The number of fused-ring (bicyclic) bond motifs is 1. The molecule has 2 aliphatic heterocycles. The highest BCUT2D eigenvalue weighted by molar-refractivity contribution is 7.92. The van der Waals surface area contributed by atoms with Crippen molar-refractivity contribution in [2.75, 3.05) is 18.8 Å². The van der Waals surface area contributed by atoms with Crippen molar-refractivity contribution in [1.29, 1.82) is 0 Å². The van der Waals surface area contributed by atoms with Crippen molar-refractivity contribution in [2.45, 2.75) is 17.8 Å². The zero-order chi connectivity index (χ0) is 18.1. The van der Waals surface area contributed by atoms with Gasteiger partial charge in [0.2, 0.25) is 0 Å². The van der Waals surface area contributed by atoms with Crippen molar-refractivity contribution in [3.63, 3.8) is 0 Å². The van der Waals surface area contributed by atoms with E-state index in [9.17, 15) is 13.2 Å². The molecule has 0 aliphatic carbocycles. The van der Waals surface area contributed by atoms with Gasteiger partial charge in [-0.15, -0.1) is 0 Å². The highest BCUT2D eigenvalue weighted by Gasteiger charge is 2.52. The number of amides is 1. The maximum absolute atomic E-state index is 12.6. The second-order valence-electron chi connectivity index (χ2n) is 6.75. The summed E-state index contributed by atoms with van der Waals surface area (Å²) in [7, 11) is -3.23. The number of rotatable bonds is 4. The second kappa shape index (κ2) is 6.73. The van der Waals surface area contributed by atoms with Gasteiger partial charge in [0.15, 0.2) is 9.84 Å². The molecule has 2 fully saturated rings. The number of sulfone groups is 1. The Hall–Kier alpha value is -2.39. The van der Waals surface area contributed by atoms with E-state index in [2.05, 4.69) is 25.2 Å². The summed E-state index contributed by atoms with van der Waals surface area (Å²) in [6.07, 6.45) is 7.76. The maximum atomic E-state index is 12.6. The minimum atomic E-state index is -3.23. The van der Waals surface area contributed by atoms with Crippen LogP contribution in [-0.4, -0.2) is 64.3 Å². The van der Waals surface area contributed by atoms with E-state index >= 15 is 0 Å². The number of nitrogens with one attached hydrogen (secondary N) is 1. The van der Waals surface area contributed by atoms with Gasteiger partial charge in [-0.1, -0.05) is 0 Å². The van der Waals surface area contributed by atoms with E-state index in [0.29, 0.717) is 19.6 Å². The second-order valence-corrected chi connectivity index (χ2v) is 9.02. The zero-order valence-electron chi connectivity index (χ0n) is 14.0. The summed E-state index contributed by atoms with van der Waals surface area (Å²) in [5.41, 5.74) is 1.29. The highest BCUT2D eigenvalue weighted by Crippen LogP contribution is 2.34. The molecule has 1 N–H and O–H groups in total. The van der Waals surface area contributed by atoms with Crippen LogP contribution in [0.3, 0.4) is 0 Å². The minimum absolute atomic E-state index is 0.0164. The van der Waals surface area contributed by atoms with E-state index < -0.39 is 21.1 Å². The zero-order valence-corrected chi connectivity index (χ0v) is 14.8. The molecular formula is C17H19N5O3S. The van der Waals surface area contributed by atoms with Crippen molar-refractivity contribution in [1.82, 2.24) is 25.2 Å². The molecule has 2 aromatic heterocycles. The first kappa shape index (κ1) is 17.0. The van der Waals surface area contributed by atoms with Gasteiger partial charge in [-0.25, -0.2) is 13.4 Å². The van der Waals surface area contributed by atoms with Gasteiger partial charge < -0.3 is 5.32 Å². The van der Waals surface area contributed by atoms with Crippen LogP contribution in [0.25, 0.3) is 0 Å². The Bertz CT molecular complexity index is 891. The molecule has 0 saturated carbocycles. The molecule has 136 valence electrons. The smallest absolute Gasteiger partial charge is 0.271 e. The van der Waals surface area contributed by atoms with Gasteiger partial charge in [0.1, 0.15) is 5.69 Å². The predicted molar refractivity (Wildman–Crippen MR) is 93.9 cm³/mol. The average molecular weight is 373 g/mol. The summed E-state index contributed by atoms with van der Waals surface area (Å²) in [4.78, 5) is 26.3. The summed E-state index contributed by atoms with van der Waals surface area (Å²) in [6.45, 7) is 1.81. The maximum Gasteiger partial charge on any atom is 0.271 e. The molecule has 4 rings (SSSR count). The van der Waals surface area contributed by atoms with E-state index in [0.717, 1.165) is 5.56 Å². The Kier molecular flexibility index (Phi) is 4.41. The molecule has 0 bridgehead atoms. The quantitative estimate of drug-likeness (QED) is 0.798. The fourth-order valence-electron chi connectivity index (χ4n) is 3.83. The van der Waals surface area contributed by atoms with Gasteiger partial charge in [0, 0.05) is 56.4 Å². The van der Waals surface area contributed by atoms with Gasteiger partial charge in [0.25, 0.3) is 5.91 Å². The SMILES string of the molecule is O=C(N[C@@H]1CS(=O)(=O)[C@H]2CN(Cc3ccncc3)C[C@@H]12)c1cnccn1. The number of likely N-dealkylation sites (tertiary alicyclic amines) is 1. The fourth-order valence-corrected chi connectivity index (χ4v) is 6.15. The van der Waals surface area contributed by atoms with Crippen LogP contribution in [-0.2, 0) is 16.4 Å². The molecule has 3 atom stereocenters. The van der Waals surface area contributed by atoms with Gasteiger partial charge in [-0.2, -0.15) is 0 Å². The summed E-state index contributed by atoms with van der Waals surface area (Å²) in [5, 5.41) is 2.42. The molecule has 9 heteroatoms. The molecule has 8 nitrogen and oxygen atoms in total. The van der Waals surface area contributed by atoms with Crippen LogP contribution < -0.4 is 5.32 Å². The van der Waals surface area contributed by atoms with Crippen molar-refractivity contribution < 1.29 is 13.2 Å². The largest absolute Gasteiger partial charge is 0.347 e. The van der Waals surface area contributed by atoms with Crippen LogP contribution in [0.4, 0.5) is 0 Å². The van der Waals surface area contributed by atoms with Gasteiger partial charge in [-0.3, -0.25) is 19.7 Å². The third-order valence-corrected chi connectivity index (χ3v) is 7.29. The molecule has 26 heavy (non-hydrogen) atoms. The van der Waals surface area contributed by atoms with E-state index in [-0.39, 0.29) is 23.3 Å². The third kappa shape index (κ3) is 3.32. The number of nitrogens with zero attached hydrogens (tertiary/aromatic N) is 4. The normalized spacial score (nSPS) is 27.2. The number of aromatic nitrogens is 3. The van der Waals surface area contributed by atoms with Crippen LogP contribution in [0.1, 0.15) is 16.1 Å². The van der Waals surface area contributed by atoms with Crippen LogP contribution in [0, 0.1) is 5.92 Å². The summed E-state index contributed by atoms with van der Waals surface area (Å²) >= 11 is 0. The standard InChI is InChI=1S/C17H19N5O3S/c23-17(14-7-19-5-6-20-14)21-15-11-26(24,25)16-10-22(9-13(15)16)8-12-1-3-18-4-2-12/h1-7,13,15-16H,8-11H2,(H,21,23)/t13-,15+,16-/m0/s1. The summed E-state index contributed by atoms with van der Waals surface area (Å²) in [6, 6.07) is 3.45.